The highest BCUT2D eigenvalue weighted by atomic mass is 28.4. The molecule has 1 atom stereocenters. The van der Waals surface area contributed by atoms with Gasteiger partial charge in [0.05, 0.1) is 19.3 Å². The van der Waals surface area contributed by atoms with Crippen molar-refractivity contribution in [3.05, 3.63) is 0 Å². The first-order chi connectivity index (χ1) is 16.0. The van der Waals surface area contributed by atoms with Crippen molar-refractivity contribution >= 4 is 25.0 Å². The Morgan fingerprint density at radius 2 is 1.00 bits per heavy atom. The van der Waals surface area contributed by atoms with E-state index in [1.165, 1.54) is 0 Å². The highest BCUT2D eigenvalue weighted by Gasteiger charge is 2.48. The third-order valence-corrected chi connectivity index (χ3v) is 23.1. The first-order valence-electron chi connectivity index (χ1n) is 14.5. The highest BCUT2D eigenvalue weighted by Crippen LogP contribution is 2.45. The molecule has 0 N–H and O–H groups in total. The van der Waals surface area contributed by atoms with Gasteiger partial charge in [-0.1, -0.05) is 83.1 Å². The van der Waals surface area contributed by atoms with Gasteiger partial charge in [0.25, 0.3) is 0 Å². The van der Waals surface area contributed by atoms with E-state index in [0.29, 0.717) is 46.5 Å². The fraction of sp³-hybridized carbons (Fsp3) is 1.00. The Morgan fingerprint density at radius 1 is 0.571 bits per heavy atom. The van der Waals surface area contributed by atoms with E-state index in [2.05, 4.69) is 103 Å². The quantitative estimate of drug-likeness (QED) is 0.119. The lowest BCUT2D eigenvalue weighted by Crippen LogP contribution is -2.54. The number of ether oxygens (including phenoxy) is 1. The summed E-state index contributed by atoms with van der Waals surface area (Å²) in [7, 11) is -5.57. The Kier molecular flexibility index (Phi) is 16.0. The van der Waals surface area contributed by atoms with Gasteiger partial charge in [-0.25, -0.2) is 0 Å². The molecule has 0 rings (SSSR count). The van der Waals surface area contributed by atoms with Crippen LogP contribution in [0.1, 0.15) is 96.4 Å². The normalized spacial score (nSPS) is 15.0. The van der Waals surface area contributed by atoms with Crippen molar-refractivity contribution in [3.8, 4) is 0 Å². The molecule has 0 saturated carbocycles. The Balaban J connectivity index is 5.69. The number of hydrogen-bond acceptors (Lipinski definition) is 4. The van der Waals surface area contributed by atoms with Crippen molar-refractivity contribution in [2.45, 2.75) is 155 Å². The van der Waals surface area contributed by atoms with Crippen LogP contribution in [-0.2, 0) is 18.0 Å². The van der Waals surface area contributed by atoms with E-state index in [-0.39, 0.29) is 6.10 Å². The van der Waals surface area contributed by atoms with E-state index < -0.39 is 25.0 Å². The van der Waals surface area contributed by atoms with Gasteiger partial charge in [-0.15, -0.1) is 0 Å². The minimum absolute atomic E-state index is 0.00543. The molecule has 0 aliphatic heterocycles. The van der Waals surface area contributed by atoms with Gasteiger partial charge in [0, 0.05) is 13.2 Å². The molecule has 0 fully saturated rings. The maximum atomic E-state index is 7.24. The molecule has 4 nitrogen and oxygen atoms in total. The second-order valence-corrected chi connectivity index (χ2v) is 28.2. The second kappa shape index (κ2) is 15.8. The molecule has 0 aliphatic rings. The van der Waals surface area contributed by atoms with Crippen molar-refractivity contribution in [1.29, 1.82) is 0 Å². The minimum Gasteiger partial charge on any atom is -0.418 e. The standard InChI is InChI=1S/C28H64O4Si3/c1-16-30-33(14,15)19-17-18-29-20-28(32-35(25(8)9,26(10)11)27(12)13)21-31-34(22(2)3,23(4)5)24(6)7/h22-28H,16-21H2,1-15H3. The largest absolute Gasteiger partial charge is 0.418 e. The third-order valence-electron chi connectivity index (χ3n) is 8.21. The van der Waals surface area contributed by atoms with Crippen molar-refractivity contribution in [3.63, 3.8) is 0 Å². The molecular weight excluding hydrogens is 485 g/mol. The maximum absolute atomic E-state index is 7.24. The molecule has 0 heterocycles. The van der Waals surface area contributed by atoms with E-state index in [4.69, 9.17) is 18.0 Å². The van der Waals surface area contributed by atoms with Crippen LogP contribution in [0, 0.1) is 0 Å². The molecular formula is C28H64O4Si3. The number of rotatable bonds is 19. The predicted molar refractivity (Wildman–Crippen MR) is 162 cm³/mol. The van der Waals surface area contributed by atoms with Crippen molar-refractivity contribution in [1.82, 2.24) is 0 Å². The van der Waals surface area contributed by atoms with E-state index in [1.807, 2.05) is 0 Å². The van der Waals surface area contributed by atoms with Gasteiger partial charge in [-0.2, -0.15) is 0 Å². The van der Waals surface area contributed by atoms with Crippen LogP contribution in [0.3, 0.4) is 0 Å². The average molecular weight is 549 g/mol. The summed E-state index contributed by atoms with van der Waals surface area (Å²) >= 11 is 0. The average Bonchev–Trinajstić information content (AvgIpc) is 2.69. The van der Waals surface area contributed by atoms with Crippen LogP contribution >= 0.6 is 0 Å². The van der Waals surface area contributed by atoms with Gasteiger partial charge in [-0.3, -0.25) is 0 Å². The summed E-state index contributed by atoms with van der Waals surface area (Å²) in [6, 6.07) is 1.13. The zero-order valence-corrected chi connectivity index (χ0v) is 29.4. The molecule has 0 radical (unpaired) electrons. The first kappa shape index (κ1) is 35.5. The van der Waals surface area contributed by atoms with E-state index >= 15 is 0 Å². The van der Waals surface area contributed by atoms with E-state index in [1.54, 1.807) is 0 Å². The molecule has 0 bridgehead atoms. The Morgan fingerprint density at radius 3 is 1.37 bits per heavy atom. The molecule has 0 aromatic carbocycles. The predicted octanol–water partition coefficient (Wildman–Crippen LogP) is 9.39. The fourth-order valence-electron chi connectivity index (χ4n) is 6.83. The van der Waals surface area contributed by atoms with Crippen molar-refractivity contribution in [2.24, 2.45) is 0 Å². The lowest BCUT2D eigenvalue weighted by atomic mass is 10.4. The van der Waals surface area contributed by atoms with Crippen LogP contribution in [0.4, 0.5) is 0 Å². The Labute approximate surface area is 224 Å². The van der Waals surface area contributed by atoms with Crippen molar-refractivity contribution in [2.75, 3.05) is 26.4 Å². The molecule has 212 valence electrons. The minimum atomic E-state index is -2.04. The molecule has 0 aromatic heterocycles. The molecule has 7 heteroatoms. The maximum Gasteiger partial charge on any atom is 0.201 e. The Hall–Kier alpha value is 0.491. The van der Waals surface area contributed by atoms with Gasteiger partial charge < -0.3 is 18.0 Å². The zero-order chi connectivity index (χ0) is 27.6. The molecule has 0 aliphatic carbocycles. The SMILES string of the molecule is CCO[Si](C)(C)CCCOCC(CO[Si](C(C)C)(C(C)C)C(C)C)O[Si](C(C)C)(C(C)C)C(C)C. The van der Waals surface area contributed by atoms with Gasteiger partial charge in [0.2, 0.25) is 8.32 Å². The summed E-state index contributed by atoms with van der Waals surface area (Å²) < 4.78 is 26.6. The first-order valence-corrected chi connectivity index (χ1v) is 21.9. The van der Waals surface area contributed by atoms with E-state index in [9.17, 15) is 0 Å². The van der Waals surface area contributed by atoms with Gasteiger partial charge >= 0.3 is 0 Å². The molecule has 35 heavy (non-hydrogen) atoms. The van der Waals surface area contributed by atoms with Crippen LogP contribution in [0.15, 0.2) is 0 Å². The molecule has 0 amide bonds. The van der Waals surface area contributed by atoms with Gasteiger partial charge in [0.1, 0.15) is 0 Å². The lowest BCUT2D eigenvalue weighted by molar-refractivity contribution is 0.0129. The van der Waals surface area contributed by atoms with Crippen LogP contribution in [0.5, 0.6) is 0 Å². The smallest absolute Gasteiger partial charge is 0.201 e. The molecule has 1 unspecified atom stereocenters. The molecule has 0 spiro atoms. The summed E-state index contributed by atoms with van der Waals surface area (Å²) in [5.41, 5.74) is 3.34. The Bertz CT molecular complexity index is 519. The summed E-state index contributed by atoms with van der Waals surface area (Å²) in [4.78, 5) is 0. The lowest BCUT2D eigenvalue weighted by Gasteiger charge is -2.46. The second-order valence-electron chi connectivity index (χ2n) is 13.1. The summed E-state index contributed by atoms with van der Waals surface area (Å²) in [5.74, 6) is 0. The summed E-state index contributed by atoms with van der Waals surface area (Å²) in [5, 5.41) is 0. The van der Waals surface area contributed by atoms with Crippen LogP contribution < -0.4 is 0 Å². The van der Waals surface area contributed by atoms with Gasteiger partial charge in [-0.05, 0) is 65.7 Å². The third kappa shape index (κ3) is 9.95. The van der Waals surface area contributed by atoms with Crippen LogP contribution in [-0.4, -0.2) is 57.5 Å². The summed E-state index contributed by atoms with van der Waals surface area (Å²) in [6.45, 7) is 37.9. The van der Waals surface area contributed by atoms with E-state index in [0.717, 1.165) is 25.7 Å². The summed E-state index contributed by atoms with van der Waals surface area (Å²) in [6.07, 6.45) is 1.05. The highest BCUT2D eigenvalue weighted by molar-refractivity contribution is 6.78. The van der Waals surface area contributed by atoms with Crippen LogP contribution in [0.25, 0.3) is 0 Å². The molecule has 0 aromatic rings. The van der Waals surface area contributed by atoms with Crippen molar-refractivity contribution < 1.29 is 18.0 Å². The van der Waals surface area contributed by atoms with Gasteiger partial charge in [0.15, 0.2) is 16.6 Å². The monoisotopic (exact) mass is 548 g/mol. The topological polar surface area (TPSA) is 36.9 Å². The molecule has 0 saturated heterocycles. The van der Waals surface area contributed by atoms with Crippen LogP contribution in [0.2, 0.25) is 52.4 Å². The number of hydrogen-bond donors (Lipinski definition) is 0. The zero-order valence-electron chi connectivity index (χ0n) is 26.4. The fourth-order valence-corrected chi connectivity index (χ4v) is 19.8.